The smallest absolute Gasteiger partial charge is 0.219 e. The van der Waals surface area contributed by atoms with Crippen molar-refractivity contribution in [1.29, 1.82) is 0 Å². The number of carbonyl (C=O) groups excluding carboxylic acids is 1. The molecule has 0 spiro atoms. The number of benzene rings is 1. The minimum absolute atomic E-state index is 0.112. The molecule has 3 aliphatic rings. The Bertz CT molecular complexity index is 702. The van der Waals surface area contributed by atoms with Crippen molar-refractivity contribution < 1.29 is 18.3 Å². The predicted octanol–water partition coefficient (Wildman–Crippen LogP) is 1.97. The number of hydrogen-bond acceptors (Lipinski definition) is 4. The van der Waals surface area contributed by atoms with E-state index in [0.717, 1.165) is 38.1 Å². The normalized spacial score (nSPS) is 36.1. The fraction of sp³-hybridized carbons (Fsp3) is 0.650. The molecule has 0 aromatic heterocycles. The van der Waals surface area contributed by atoms with Gasteiger partial charge in [0.25, 0.3) is 0 Å². The quantitative estimate of drug-likeness (QED) is 0.843. The van der Waals surface area contributed by atoms with Crippen LogP contribution in [0.1, 0.15) is 37.9 Å². The van der Waals surface area contributed by atoms with E-state index in [2.05, 4.69) is 5.32 Å². The van der Waals surface area contributed by atoms with Gasteiger partial charge in [0.15, 0.2) is 0 Å². The number of carbonyl (C=O) groups is 1. The van der Waals surface area contributed by atoms with Gasteiger partial charge in [0.2, 0.25) is 5.91 Å². The van der Waals surface area contributed by atoms with Gasteiger partial charge in [-0.15, -0.1) is 0 Å². The molecule has 5 nitrogen and oxygen atoms in total. The Balaban J connectivity index is 1.31. The van der Waals surface area contributed by atoms with Crippen LogP contribution in [0.4, 0.5) is 8.78 Å². The molecule has 1 amide bonds. The zero-order valence-electron chi connectivity index (χ0n) is 15.5. The van der Waals surface area contributed by atoms with Gasteiger partial charge >= 0.3 is 0 Å². The summed E-state index contributed by atoms with van der Waals surface area (Å²) in [7, 11) is 0. The summed E-state index contributed by atoms with van der Waals surface area (Å²) in [5, 5.41) is 3.64. The standard InChI is InChI=1S/C20H27F2N3O2/c1-11(26)25-8-12-4-15(5-13(12)9-25)24-16-7-19(23)20(27-10-16)17-6-14(21)2-3-18(17)22/h2-3,6,12-13,15-16,19-20,24H,4-5,7-10,23H2,1H3. The minimum Gasteiger partial charge on any atom is -0.370 e. The summed E-state index contributed by atoms with van der Waals surface area (Å²) in [6, 6.07) is 3.51. The second-order valence-electron chi connectivity index (χ2n) is 8.30. The highest BCUT2D eigenvalue weighted by Crippen LogP contribution is 2.39. The number of amides is 1. The zero-order valence-corrected chi connectivity index (χ0v) is 15.5. The van der Waals surface area contributed by atoms with Crippen molar-refractivity contribution in [2.75, 3.05) is 19.7 Å². The molecule has 2 aliphatic heterocycles. The third-order valence-electron chi connectivity index (χ3n) is 6.35. The van der Waals surface area contributed by atoms with Crippen LogP contribution in [0.5, 0.6) is 0 Å². The highest BCUT2D eigenvalue weighted by molar-refractivity contribution is 5.73. The van der Waals surface area contributed by atoms with Crippen LogP contribution in [-0.4, -0.2) is 48.6 Å². The maximum Gasteiger partial charge on any atom is 0.219 e. The molecule has 3 fully saturated rings. The molecule has 0 radical (unpaired) electrons. The minimum atomic E-state index is -0.620. The first-order chi connectivity index (χ1) is 12.9. The number of halogens is 2. The molecule has 5 atom stereocenters. The first kappa shape index (κ1) is 18.8. The highest BCUT2D eigenvalue weighted by atomic mass is 19.1. The van der Waals surface area contributed by atoms with Gasteiger partial charge in [-0.3, -0.25) is 4.79 Å². The molecular weight excluding hydrogens is 352 g/mol. The van der Waals surface area contributed by atoms with E-state index < -0.39 is 17.7 Å². The summed E-state index contributed by atoms with van der Waals surface area (Å²) in [5.41, 5.74) is 6.43. The Morgan fingerprint density at radius 1 is 1.19 bits per heavy atom. The van der Waals surface area contributed by atoms with Crippen LogP contribution in [-0.2, 0) is 9.53 Å². The molecule has 3 N–H and O–H groups in total. The molecular formula is C20H27F2N3O2. The summed E-state index contributed by atoms with van der Waals surface area (Å²) < 4.78 is 33.3. The lowest BCUT2D eigenvalue weighted by atomic mass is 9.93. The second kappa shape index (κ2) is 7.45. The van der Waals surface area contributed by atoms with E-state index in [1.54, 1.807) is 6.92 Å². The lowest BCUT2D eigenvalue weighted by molar-refractivity contribution is -0.128. The molecule has 2 saturated heterocycles. The van der Waals surface area contributed by atoms with Crippen molar-refractivity contribution in [2.45, 2.75) is 50.4 Å². The number of hydrogen-bond donors (Lipinski definition) is 2. The van der Waals surface area contributed by atoms with Crippen LogP contribution in [0.25, 0.3) is 0 Å². The zero-order chi connectivity index (χ0) is 19.1. The van der Waals surface area contributed by atoms with E-state index >= 15 is 0 Å². The molecule has 0 bridgehead atoms. The van der Waals surface area contributed by atoms with Crippen LogP contribution in [0, 0.1) is 23.5 Å². The molecule has 2 heterocycles. The fourth-order valence-electron chi connectivity index (χ4n) is 5.06. The molecule has 1 aromatic carbocycles. The number of nitrogens with one attached hydrogen (secondary N) is 1. The monoisotopic (exact) mass is 379 g/mol. The first-order valence-corrected chi connectivity index (χ1v) is 9.74. The third-order valence-corrected chi connectivity index (χ3v) is 6.35. The molecule has 1 aromatic rings. The van der Waals surface area contributed by atoms with Crippen molar-refractivity contribution in [3.8, 4) is 0 Å². The van der Waals surface area contributed by atoms with Gasteiger partial charge in [-0.05, 0) is 49.3 Å². The lowest BCUT2D eigenvalue weighted by Gasteiger charge is -2.36. The van der Waals surface area contributed by atoms with Crippen LogP contribution in [0.3, 0.4) is 0 Å². The molecule has 5 unspecified atom stereocenters. The molecule has 27 heavy (non-hydrogen) atoms. The van der Waals surface area contributed by atoms with Crippen molar-refractivity contribution in [3.63, 3.8) is 0 Å². The summed E-state index contributed by atoms with van der Waals surface area (Å²) in [4.78, 5) is 13.5. The van der Waals surface area contributed by atoms with E-state index in [1.165, 1.54) is 6.07 Å². The molecule has 148 valence electrons. The maximum atomic E-state index is 14.0. The van der Waals surface area contributed by atoms with Gasteiger partial charge in [-0.25, -0.2) is 8.78 Å². The number of nitrogens with two attached hydrogens (primary N) is 1. The van der Waals surface area contributed by atoms with Crippen LogP contribution in [0.2, 0.25) is 0 Å². The maximum absolute atomic E-state index is 14.0. The van der Waals surface area contributed by atoms with Crippen LogP contribution < -0.4 is 11.1 Å². The SMILES string of the molecule is CC(=O)N1CC2CC(NC3COC(c4cc(F)ccc4F)C(N)C3)CC2C1. The van der Waals surface area contributed by atoms with Crippen molar-refractivity contribution in [1.82, 2.24) is 10.2 Å². The predicted molar refractivity (Wildman–Crippen MR) is 96.8 cm³/mol. The van der Waals surface area contributed by atoms with Crippen LogP contribution >= 0.6 is 0 Å². The van der Waals surface area contributed by atoms with E-state index in [0.29, 0.717) is 30.9 Å². The molecule has 1 aliphatic carbocycles. The van der Waals surface area contributed by atoms with Gasteiger partial charge in [0.05, 0.1) is 6.61 Å². The average molecular weight is 379 g/mol. The van der Waals surface area contributed by atoms with E-state index in [9.17, 15) is 13.6 Å². The van der Waals surface area contributed by atoms with Crippen molar-refractivity contribution >= 4 is 5.91 Å². The van der Waals surface area contributed by atoms with Gasteiger partial charge in [0, 0.05) is 43.7 Å². The summed E-state index contributed by atoms with van der Waals surface area (Å²) >= 11 is 0. The van der Waals surface area contributed by atoms with Gasteiger partial charge in [-0.2, -0.15) is 0 Å². The van der Waals surface area contributed by atoms with Gasteiger partial charge < -0.3 is 20.7 Å². The Morgan fingerprint density at radius 2 is 1.89 bits per heavy atom. The summed E-state index contributed by atoms with van der Waals surface area (Å²) in [5.74, 6) is 0.329. The second-order valence-corrected chi connectivity index (χ2v) is 8.30. The Labute approximate surface area is 158 Å². The van der Waals surface area contributed by atoms with Crippen molar-refractivity contribution in [3.05, 3.63) is 35.4 Å². The first-order valence-electron chi connectivity index (χ1n) is 9.74. The number of likely N-dealkylation sites (tertiary alicyclic amines) is 1. The lowest BCUT2D eigenvalue weighted by Crippen LogP contribution is -2.50. The third kappa shape index (κ3) is 3.86. The largest absolute Gasteiger partial charge is 0.370 e. The highest BCUT2D eigenvalue weighted by Gasteiger charge is 2.42. The van der Waals surface area contributed by atoms with E-state index in [-0.39, 0.29) is 23.6 Å². The Hall–Kier alpha value is -1.57. The molecule has 7 heteroatoms. The number of ether oxygens (including phenoxy) is 1. The Morgan fingerprint density at radius 3 is 2.52 bits per heavy atom. The number of fused-ring (bicyclic) bond motifs is 1. The van der Waals surface area contributed by atoms with E-state index in [1.807, 2.05) is 4.90 Å². The summed E-state index contributed by atoms with van der Waals surface area (Å²) in [6.45, 7) is 3.79. The molecule has 4 rings (SSSR count). The van der Waals surface area contributed by atoms with Gasteiger partial charge in [0.1, 0.15) is 17.7 Å². The molecule has 1 saturated carbocycles. The van der Waals surface area contributed by atoms with Gasteiger partial charge in [-0.1, -0.05) is 0 Å². The van der Waals surface area contributed by atoms with E-state index in [4.69, 9.17) is 10.5 Å². The van der Waals surface area contributed by atoms with Crippen molar-refractivity contribution in [2.24, 2.45) is 17.6 Å². The topological polar surface area (TPSA) is 67.6 Å². The number of nitrogens with zero attached hydrogens (tertiary/aromatic N) is 1. The van der Waals surface area contributed by atoms with Crippen LogP contribution in [0.15, 0.2) is 18.2 Å². The fourth-order valence-corrected chi connectivity index (χ4v) is 5.06. The average Bonchev–Trinajstić information content (AvgIpc) is 3.16. The Kier molecular flexibility index (Phi) is 5.18. The summed E-state index contributed by atoms with van der Waals surface area (Å²) in [6.07, 6.45) is 2.15. The number of rotatable bonds is 3.